The number of hydrogen-bond acceptors (Lipinski definition) is 4. The van der Waals surface area contributed by atoms with Crippen molar-refractivity contribution in [1.82, 2.24) is 4.90 Å². The van der Waals surface area contributed by atoms with Gasteiger partial charge in [-0.2, -0.15) is 0 Å². The number of amides is 2. The molecule has 22 heavy (non-hydrogen) atoms. The van der Waals surface area contributed by atoms with Crippen molar-refractivity contribution in [3.8, 4) is 5.75 Å². The number of hydrogen-bond donors (Lipinski definition) is 2. The van der Waals surface area contributed by atoms with E-state index in [1.807, 2.05) is 18.2 Å². The quantitative estimate of drug-likeness (QED) is 0.819. The normalized spacial score (nSPS) is 24.0. The van der Waals surface area contributed by atoms with Gasteiger partial charge in [0.05, 0.1) is 31.6 Å². The summed E-state index contributed by atoms with van der Waals surface area (Å²) in [5.41, 5.74) is 6.06. The van der Waals surface area contributed by atoms with Gasteiger partial charge in [-0.15, -0.1) is 0 Å². The maximum atomic E-state index is 12.4. The lowest BCUT2D eigenvalue weighted by Gasteiger charge is -2.28. The number of likely N-dealkylation sites (N-methyl/N-ethyl adjacent to an activating group) is 1. The van der Waals surface area contributed by atoms with Crippen LogP contribution in [-0.4, -0.2) is 48.1 Å². The fourth-order valence-electron chi connectivity index (χ4n) is 3.01. The highest BCUT2D eigenvalue weighted by Gasteiger charge is 2.41. The second-order valence-corrected chi connectivity index (χ2v) is 5.64. The number of carbonyl (C=O) groups excluding carboxylic acids is 2. The van der Waals surface area contributed by atoms with Crippen molar-refractivity contribution in [3.63, 3.8) is 0 Å². The smallest absolute Gasteiger partial charge is 0.227 e. The standard InChI is InChI=1S/C16H22N2O4/c1-18(12-8-7-11(15(12)20)16(17)21)14(19)9-10-5-3-4-6-13(10)22-2/h3-6,11-12,15,20H,7-9H2,1-2H3,(H2,17,21)/t11-,12-,15+/m1/s1. The van der Waals surface area contributed by atoms with Gasteiger partial charge in [-0.1, -0.05) is 18.2 Å². The first-order valence-electron chi connectivity index (χ1n) is 7.30. The van der Waals surface area contributed by atoms with Crippen LogP contribution < -0.4 is 10.5 Å². The first kappa shape index (κ1) is 16.3. The number of nitrogens with zero attached hydrogens (tertiary/aromatic N) is 1. The molecule has 2 rings (SSSR count). The van der Waals surface area contributed by atoms with Gasteiger partial charge in [-0.3, -0.25) is 9.59 Å². The van der Waals surface area contributed by atoms with E-state index in [4.69, 9.17) is 10.5 Å². The average molecular weight is 306 g/mol. The lowest BCUT2D eigenvalue weighted by atomic mass is 10.0. The van der Waals surface area contributed by atoms with E-state index in [1.165, 1.54) is 4.90 Å². The number of rotatable bonds is 5. The maximum absolute atomic E-state index is 12.4. The van der Waals surface area contributed by atoms with Crippen LogP contribution in [0.2, 0.25) is 0 Å². The number of aliphatic hydroxyl groups is 1. The Morgan fingerprint density at radius 1 is 1.36 bits per heavy atom. The number of para-hydroxylation sites is 1. The summed E-state index contributed by atoms with van der Waals surface area (Å²) in [6.45, 7) is 0. The Morgan fingerprint density at radius 3 is 2.64 bits per heavy atom. The highest BCUT2D eigenvalue weighted by atomic mass is 16.5. The molecule has 3 N–H and O–H groups in total. The van der Waals surface area contributed by atoms with Gasteiger partial charge in [-0.05, 0) is 18.9 Å². The van der Waals surface area contributed by atoms with Crippen molar-refractivity contribution >= 4 is 11.8 Å². The molecule has 2 amide bonds. The number of benzene rings is 1. The molecule has 0 aromatic heterocycles. The van der Waals surface area contributed by atoms with E-state index >= 15 is 0 Å². The maximum Gasteiger partial charge on any atom is 0.227 e. The molecule has 1 saturated carbocycles. The van der Waals surface area contributed by atoms with E-state index in [0.29, 0.717) is 18.6 Å². The van der Waals surface area contributed by atoms with Gasteiger partial charge in [0.25, 0.3) is 0 Å². The van der Waals surface area contributed by atoms with Gasteiger partial charge >= 0.3 is 0 Å². The molecule has 0 bridgehead atoms. The van der Waals surface area contributed by atoms with Gasteiger partial charge in [0, 0.05) is 12.6 Å². The zero-order valence-corrected chi connectivity index (χ0v) is 12.9. The zero-order chi connectivity index (χ0) is 16.3. The van der Waals surface area contributed by atoms with E-state index in [1.54, 1.807) is 20.2 Å². The number of aliphatic hydroxyl groups excluding tert-OH is 1. The summed E-state index contributed by atoms with van der Waals surface area (Å²) in [5, 5.41) is 10.2. The summed E-state index contributed by atoms with van der Waals surface area (Å²) in [6, 6.07) is 6.95. The lowest BCUT2D eigenvalue weighted by Crippen LogP contribution is -2.45. The van der Waals surface area contributed by atoms with Crippen LogP contribution in [0.5, 0.6) is 5.75 Å². The van der Waals surface area contributed by atoms with Crippen molar-refractivity contribution in [3.05, 3.63) is 29.8 Å². The van der Waals surface area contributed by atoms with Gasteiger partial charge in [0.2, 0.25) is 11.8 Å². The second kappa shape index (κ2) is 6.79. The van der Waals surface area contributed by atoms with Crippen LogP contribution in [0, 0.1) is 5.92 Å². The van der Waals surface area contributed by atoms with Crippen LogP contribution in [0.4, 0.5) is 0 Å². The molecule has 1 aliphatic carbocycles. The topological polar surface area (TPSA) is 92.9 Å². The molecule has 0 spiro atoms. The minimum Gasteiger partial charge on any atom is -0.496 e. The molecule has 1 aromatic rings. The molecule has 120 valence electrons. The fourth-order valence-corrected chi connectivity index (χ4v) is 3.01. The van der Waals surface area contributed by atoms with Gasteiger partial charge in [0.1, 0.15) is 5.75 Å². The number of carbonyl (C=O) groups is 2. The molecule has 1 fully saturated rings. The Kier molecular flexibility index (Phi) is 5.03. The summed E-state index contributed by atoms with van der Waals surface area (Å²) in [7, 11) is 3.21. The zero-order valence-electron chi connectivity index (χ0n) is 12.9. The molecule has 6 nitrogen and oxygen atoms in total. The summed E-state index contributed by atoms with van der Waals surface area (Å²) in [4.78, 5) is 25.2. The molecule has 0 unspecified atom stereocenters. The SMILES string of the molecule is COc1ccccc1CC(=O)N(C)[C@@H]1CC[C@@H](C(N)=O)[C@@H]1O. The van der Waals surface area contributed by atoms with Crippen LogP contribution in [-0.2, 0) is 16.0 Å². The van der Waals surface area contributed by atoms with Gasteiger partial charge in [0.15, 0.2) is 0 Å². The number of methoxy groups -OCH3 is 1. The molecular formula is C16H22N2O4. The predicted molar refractivity (Wildman–Crippen MR) is 81.2 cm³/mol. The fraction of sp³-hybridized carbons (Fsp3) is 0.500. The Hall–Kier alpha value is -2.08. The molecule has 1 aromatic carbocycles. The summed E-state index contributed by atoms with van der Waals surface area (Å²) >= 11 is 0. The van der Waals surface area contributed by atoms with Gasteiger partial charge < -0.3 is 20.5 Å². The Bertz CT molecular complexity index is 561. The molecule has 0 aliphatic heterocycles. The Balaban J connectivity index is 2.05. The summed E-state index contributed by atoms with van der Waals surface area (Å²) in [5.74, 6) is -0.558. The van der Waals surface area contributed by atoms with Gasteiger partial charge in [-0.25, -0.2) is 0 Å². The second-order valence-electron chi connectivity index (χ2n) is 5.64. The Morgan fingerprint density at radius 2 is 2.05 bits per heavy atom. The van der Waals surface area contributed by atoms with Crippen LogP contribution in [0.15, 0.2) is 24.3 Å². The van der Waals surface area contributed by atoms with E-state index in [2.05, 4.69) is 0 Å². The highest BCUT2D eigenvalue weighted by molar-refractivity contribution is 5.81. The first-order valence-corrected chi connectivity index (χ1v) is 7.30. The third-order valence-corrected chi connectivity index (χ3v) is 4.37. The van der Waals surface area contributed by atoms with Crippen molar-refractivity contribution in [2.75, 3.05) is 14.2 Å². The predicted octanol–water partition coefficient (Wildman–Crippen LogP) is 0.321. The minimum atomic E-state index is -0.899. The molecule has 6 heteroatoms. The monoisotopic (exact) mass is 306 g/mol. The largest absolute Gasteiger partial charge is 0.496 e. The Labute approximate surface area is 129 Å². The third kappa shape index (κ3) is 3.22. The van der Waals surface area contributed by atoms with E-state index in [-0.39, 0.29) is 18.4 Å². The van der Waals surface area contributed by atoms with Crippen molar-refractivity contribution < 1.29 is 19.4 Å². The lowest BCUT2D eigenvalue weighted by molar-refractivity contribution is -0.135. The van der Waals surface area contributed by atoms with Crippen LogP contribution in [0.1, 0.15) is 18.4 Å². The number of primary amides is 1. The molecule has 0 heterocycles. The number of ether oxygens (including phenoxy) is 1. The van der Waals surface area contributed by atoms with Crippen molar-refractivity contribution in [2.24, 2.45) is 11.7 Å². The van der Waals surface area contributed by atoms with Crippen LogP contribution >= 0.6 is 0 Å². The van der Waals surface area contributed by atoms with E-state index in [0.717, 1.165) is 5.56 Å². The minimum absolute atomic E-state index is 0.126. The van der Waals surface area contributed by atoms with E-state index in [9.17, 15) is 14.7 Å². The molecule has 0 saturated heterocycles. The molecular weight excluding hydrogens is 284 g/mol. The third-order valence-electron chi connectivity index (χ3n) is 4.37. The van der Waals surface area contributed by atoms with Crippen molar-refractivity contribution in [2.45, 2.75) is 31.4 Å². The average Bonchev–Trinajstić information content (AvgIpc) is 2.88. The van der Waals surface area contributed by atoms with E-state index < -0.39 is 17.9 Å². The van der Waals surface area contributed by atoms with Crippen LogP contribution in [0.3, 0.4) is 0 Å². The highest BCUT2D eigenvalue weighted by Crippen LogP contribution is 2.30. The molecule has 0 radical (unpaired) electrons. The first-order chi connectivity index (χ1) is 10.5. The summed E-state index contributed by atoms with van der Waals surface area (Å²) < 4.78 is 5.24. The molecule has 1 aliphatic rings. The summed E-state index contributed by atoms with van der Waals surface area (Å²) in [6.07, 6.45) is 0.366. The molecule has 3 atom stereocenters. The van der Waals surface area contributed by atoms with Crippen molar-refractivity contribution in [1.29, 1.82) is 0 Å². The number of nitrogens with two attached hydrogens (primary N) is 1. The van der Waals surface area contributed by atoms with Crippen LogP contribution in [0.25, 0.3) is 0 Å².